The summed E-state index contributed by atoms with van der Waals surface area (Å²) in [6.07, 6.45) is -2.52. The van der Waals surface area contributed by atoms with Gasteiger partial charge in [0.2, 0.25) is 0 Å². The minimum atomic E-state index is -4.51. The molecule has 0 fully saturated rings. The Morgan fingerprint density at radius 2 is 1.78 bits per heavy atom. The van der Waals surface area contributed by atoms with Gasteiger partial charge in [-0.2, -0.15) is 18.3 Å². The lowest BCUT2D eigenvalue weighted by atomic mass is 10.1. The van der Waals surface area contributed by atoms with Crippen LogP contribution in [-0.4, -0.2) is 36.1 Å². The van der Waals surface area contributed by atoms with Gasteiger partial charge in [0.1, 0.15) is 5.82 Å². The van der Waals surface area contributed by atoms with Crippen molar-refractivity contribution in [3.8, 4) is 5.82 Å². The summed E-state index contributed by atoms with van der Waals surface area (Å²) < 4.78 is 41.9. The monoisotopic (exact) mass is 499 g/mol. The highest BCUT2D eigenvalue weighted by atomic mass is 19.4. The number of imidazole rings is 1. The third kappa shape index (κ3) is 4.66. The highest BCUT2D eigenvalue weighted by Gasteiger charge is 2.31. The van der Waals surface area contributed by atoms with E-state index in [-0.39, 0.29) is 17.3 Å². The second-order valence-electron chi connectivity index (χ2n) is 8.43. The molecule has 9 nitrogen and oxygen atoms in total. The summed E-state index contributed by atoms with van der Waals surface area (Å²) >= 11 is 0. The minimum Gasteiger partial charge on any atom is -0.329 e. The number of carbonyl (C=O) groups excluding carboxylic acids is 2. The molecule has 2 amide bonds. The van der Waals surface area contributed by atoms with E-state index in [1.165, 1.54) is 16.9 Å². The third-order valence-corrected chi connectivity index (χ3v) is 5.70. The lowest BCUT2D eigenvalue weighted by Gasteiger charge is -2.13. The fourth-order valence-electron chi connectivity index (χ4n) is 3.99. The van der Waals surface area contributed by atoms with Gasteiger partial charge in [0.15, 0.2) is 5.82 Å². The topological polar surface area (TPSA) is 107 Å². The van der Waals surface area contributed by atoms with E-state index >= 15 is 0 Å². The normalized spacial score (nSPS) is 11.8. The number of nitrogens with one attached hydrogen (secondary N) is 2. The van der Waals surface area contributed by atoms with Gasteiger partial charge in [-0.3, -0.25) is 20.4 Å². The number of amides is 2. The van der Waals surface area contributed by atoms with Crippen LogP contribution in [0.2, 0.25) is 0 Å². The Morgan fingerprint density at radius 1 is 1.06 bits per heavy atom. The van der Waals surface area contributed by atoms with Crippen molar-refractivity contribution in [1.82, 2.24) is 35.2 Å². The first-order valence-corrected chi connectivity index (χ1v) is 11.2. The molecular formula is C24H24F3N7O2. The molecule has 0 aliphatic rings. The van der Waals surface area contributed by atoms with E-state index in [0.717, 1.165) is 24.0 Å². The van der Waals surface area contributed by atoms with Crippen molar-refractivity contribution in [2.75, 3.05) is 0 Å². The molecule has 1 aromatic carbocycles. The molecule has 4 rings (SSSR count). The number of hydrogen-bond acceptors (Lipinski definition) is 5. The molecule has 0 saturated carbocycles. The molecule has 4 aromatic rings. The molecule has 3 heterocycles. The van der Waals surface area contributed by atoms with Crippen LogP contribution in [0.4, 0.5) is 13.2 Å². The standard InChI is InChI=1S/C24H24F3N7O2/c1-5-33-14(4)30-18-10-15(6-8-19(18)33)22(35)31-32-23(36)17-12-29-34(21(17)13(2)3)20-9-7-16(11-28-20)24(25,26)27/h6-13H,5H2,1-4H3,(H,31,35)(H,32,36). The number of benzene rings is 1. The summed E-state index contributed by atoms with van der Waals surface area (Å²) in [7, 11) is 0. The average Bonchev–Trinajstić information content (AvgIpc) is 3.42. The fourth-order valence-corrected chi connectivity index (χ4v) is 3.99. The van der Waals surface area contributed by atoms with E-state index < -0.39 is 23.6 Å². The first-order chi connectivity index (χ1) is 17.0. The predicted octanol–water partition coefficient (Wildman–Crippen LogP) is 4.16. The highest BCUT2D eigenvalue weighted by molar-refractivity contribution is 6.01. The van der Waals surface area contributed by atoms with E-state index in [9.17, 15) is 22.8 Å². The molecule has 188 valence electrons. The maximum atomic E-state index is 12.9. The van der Waals surface area contributed by atoms with Crippen molar-refractivity contribution in [2.24, 2.45) is 0 Å². The van der Waals surface area contributed by atoms with Crippen molar-refractivity contribution in [3.63, 3.8) is 0 Å². The molecule has 0 atom stereocenters. The third-order valence-electron chi connectivity index (χ3n) is 5.70. The quantitative estimate of drug-likeness (QED) is 0.401. The van der Waals surface area contributed by atoms with Crippen LogP contribution >= 0.6 is 0 Å². The van der Waals surface area contributed by atoms with Gasteiger partial charge in [0.05, 0.1) is 34.1 Å². The molecule has 36 heavy (non-hydrogen) atoms. The SMILES string of the molecule is CCn1c(C)nc2cc(C(=O)NNC(=O)c3cnn(-c4ccc(C(F)(F)F)cn4)c3C(C)C)ccc21. The Kier molecular flexibility index (Phi) is 6.53. The zero-order valence-electron chi connectivity index (χ0n) is 20.0. The Labute approximate surface area is 204 Å². The Hall–Kier alpha value is -4.22. The van der Waals surface area contributed by atoms with Crippen molar-refractivity contribution in [2.45, 2.75) is 46.3 Å². The number of hydrogen-bond donors (Lipinski definition) is 2. The number of nitrogens with zero attached hydrogens (tertiary/aromatic N) is 5. The summed E-state index contributed by atoms with van der Waals surface area (Å²) in [5.41, 5.74) is 6.34. The summed E-state index contributed by atoms with van der Waals surface area (Å²) in [6, 6.07) is 7.17. The molecule has 0 bridgehead atoms. The predicted molar refractivity (Wildman–Crippen MR) is 126 cm³/mol. The molecule has 3 aromatic heterocycles. The van der Waals surface area contributed by atoms with Gasteiger partial charge >= 0.3 is 6.18 Å². The van der Waals surface area contributed by atoms with Crippen LogP contribution in [0, 0.1) is 6.92 Å². The Bertz CT molecular complexity index is 1440. The van der Waals surface area contributed by atoms with E-state index in [1.54, 1.807) is 32.0 Å². The number of halogens is 3. The Balaban J connectivity index is 1.52. The van der Waals surface area contributed by atoms with Crippen LogP contribution in [0.25, 0.3) is 16.9 Å². The lowest BCUT2D eigenvalue weighted by molar-refractivity contribution is -0.137. The smallest absolute Gasteiger partial charge is 0.329 e. The van der Waals surface area contributed by atoms with Crippen molar-refractivity contribution in [3.05, 3.63) is 70.9 Å². The zero-order chi connectivity index (χ0) is 26.2. The largest absolute Gasteiger partial charge is 0.417 e. The van der Waals surface area contributed by atoms with Crippen molar-refractivity contribution in [1.29, 1.82) is 0 Å². The van der Waals surface area contributed by atoms with Gasteiger partial charge in [0, 0.05) is 18.3 Å². The first kappa shape index (κ1) is 24.9. The van der Waals surface area contributed by atoms with Crippen molar-refractivity contribution < 1.29 is 22.8 Å². The number of carbonyl (C=O) groups is 2. The molecule has 2 N–H and O–H groups in total. The summed E-state index contributed by atoms with van der Waals surface area (Å²) in [4.78, 5) is 33.9. The van der Waals surface area contributed by atoms with Crippen LogP contribution in [0.1, 0.15) is 64.5 Å². The highest BCUT2D eigenvalue weighted by Crippen LogP contribution is 2.29. The van der Waals surface area contributed by atoms with Crippen molar-refractivity contribution >= 4 is 22.8 Å². The minimum absolute atomic E-state index is 0.130. The van der Waals surface area contributed by atoms with Crippen LogP contribution in [0.3, 0.4) is 0 Å². The van der Waals surface area contributed by atoms with Gasteiger partial charge in [-0.25, -0.2) is 14.6 Å². The zero-order valence-corrected chi connectivity index (χ0v) is 20.0. The van der Waals surface area contributed by atoms with E-state index in [1.807, 2.05) is 18.4 Å². The van der Waals surface area contributed by atoms with Crippen LogP contribution in [0.5, 0.6) is 0 Å². The fraction of sp³-hybridized carbons (Fsp3) is 0.292. The average molecular weight is 499 g/mol. The summed E-state index contributed by atoms with van der Waals surface area (Å²) in [5.74, 6) is -0.425. The molecule has 0 aliphatic heterocycles. The summed E-state index contributed by atoms with van der Waals surface area (Å²) in [6.45, 7) is 8.25. The van der Waals surface area contributed by atoms with Gasteiger partial charge in [0.25, 0.3) is 11.8 Å². The number of pyridine rings is 1. The molecule has 0 spiro atoms. The number of aromatic nitrogens is 5. The number of hydrazine groups is 1. The Morgan fingerprint density at radius 3 is 2.39 bits per heavy atom. The molecule has 0 saturated heterocycles. The molecule has 0 aliphatic carbocycles. The molecule has 0 radical (unpaired) electrons. The van der Waals surface area contributed by atoms with Gasteiger partial charge in [-0.15, -0.1) is 0 Å². The maximum Gasteiger partial charge on any atom is 0.417 e. The number of fused-ring (bicyclic) bond motifs is 1. The van der Waals surface area contributed by atoms with Crippen LogP contribution < -0.4 is 10.9 Å². The molecular weight excluding hydrogens is 475 g/mol. The molecule has 12 heteroatoms. The van der Waals surface area contributed by atoms with E-state index in [0.29, 0.717) is 23.0 Å². The van der Waals surface area contributed by atoms with Crippen LogP contribution in [0.15, 0.2) is 42.7 Å². The lowest BCUT2D eigenvalue weighted by Crippen LogP contribution is -2.41. The first-order valence-electron chi connectivity index (χ1n) is 11.2. The summed E-state index contributed by atoms with van der Waals surface area (Å²) in [5, 5.41) is 4.15. The van der Waals surface area contributed by atoms with Gasteiger partial charge in [-0.1, -0.05) is 13.8 Å². The number of aryl methyl sites for hydroxylation is 2. The van der Waals surface area contributed by atoms with Crippen LogP contribution in [-0.2, 0) is 12.7 Å². The number of alkyl halides is 3. The van der Waals surface area contributed by atoms with Gasteiger partial charge < -0.3 is 4.57 Å². The van der Waals surface area contributed by atoms with E-state index in [4.69, 9.17) is 0 Å². The maximum absolute atomic E-state index is 12.9. The number of rotatable bonds is 5. The van der Waals surface area contributed by atoms with Gasteiger partial charge in [-0.05, 0) is 50.1 Å². The van der Waals surface area contributed by atoms with E-state index in [2.05, 4.69) is 25.9 Å². The second-order valence-corrected chi connectivity index (χ2v) is 8.43. The molecule has 0 unspecified atom stereocenters. The second kappa shape index (κ2) is 9.44.